The van der Waals surface area contributed by atoms with Gasteiger partial charge in [-0.15, -0.1) is 0 Å². The van der Waals surface area contributed by atoms with Crippen LogP contribution in [0.25, 0.3) is 0 Å². The van der Waals surface area contributed by atoms with Crippen molar-refractivity contribution in [2.24, 2.45) is 5.10 Å². The van der Waals surface area contributed by atoms with Gasteiger partial charge in [-0.3, -0.25) is 5.43 Å². The lowest BCUT2D eigenvalue weighted by molar-refractivity contribution is -0.137. The van der Waals surface area contributed by atoms with Crippen molar-refractivity contribution < 1.29 is 13.2 Å². The third-order valence-electron chi connectivity index (χ3n) is 3.64. The van der Waals surface area contributed by atoms with Crippen LogP contribution in [-0.4, -0.2) is 19.3 Å². The SMILES string of the molecule is CCN(CC)c1ccc(C=NNc2ccc(C(F)(F)F)cc2)cc1. The first-order chi connectivity index (χ1) is 11.4. The van der Waals surface area contributed by atoms with Gasteiger partial charge in [0.1, 0.15) is 0 Å². The number of rotatable bonds is 6. The van der Waals surface area contributed by atoms with E-state index in [2.05, 4.69) is 29.3 Å². The Bertz CT molecular complexity index is 657. The molecule has 0 unspecified atom stereocenters. The molecule has 2 aromatic carbocycles. The van der Waals surface area contributed by atoms with Gasteiger partial charge in [-0.05, 0) is 55.8 Å². The zero-order chi connectivity index (χ0) is 17.6. The van der Waals surface area contributed by atoms with E-state index < -0.39 is 11.7 Å². The van der Waals surface area contributed by atoms with Crippen LogP contribution >= 0.6 is 0 Å². The zero-order valence-electron chi connectivity index (χ0n) is 13.6. The predicted molar refractivity (Wildman–Crippen MR) is 92.7 cm³/mol. The molecule has 0 fully saturated rings. The predicted octanol–water partition coefficient (Wildman–Crippen LogP) is 5.00. The number of nitrogens with zero attached hydrogens (tertiary/aromatic N) is 2. The van der Waals surface area contributed by atoms with E-state index in [0.717, 1.165) is 36.5 Å². The van der Waals surface area contributed by atoms with E-state index in [0.29, 0.717) is 5.69 Å². The van der Waals surface area contributed by atoms with Crippen molar-refractivity contribution in [3.63, 3.8) is 0 Å². The largest absolute Gasteiger partial charge is 0.416 e. The van der Waals surface area contributed by atoms with Gasteiger partial charge in [-0.2, -0.15) is 18.3 Å². The highest BCUT2D eigenvalue weighted by atomic mass is 19.4. The number of alkyl halides is 3. The second-order valence-corrected chi connectivity index (χ2v) is 5.21. The van der Waals surface area contributed by atoms with Gasteiger partial charge in [0, 0.05) is 18.8 Å². The Hall–Kier alpha value is -2.50. The Morgan fingerprint density at radius 2 is 1.54 bits per heavy atom. The van der Waals surface area contributed by atoms with E-state index in [1.165, 1.54) is 12.1 Å². The minimum atomic E-state index is -4.32. The van der Waals surface area contributed by atoms with Crippen LogP contribution in [0.3, 0.4) is 0 Å². The van der Waals surface area contributed by atoms with E-state index in [1.54, 1.807) is 6.21 Å². The van der Waals surface area contributed by atoms with Crippen molar-refractivity contribution in [1.29, 1.82) is 0 Å². The fraction of sp³-hybridized carbons (Fsp3) is 0.278. The maximum atomic E-state index is 12.5. The summed E-state index contributed by atoms with van der Waals surface area (Å²) in [7, 11) is 0. The summed E-state index contributed by atoms with van der Waals surface area (Å²) in [5.74, 6) is 0. The lowest BCUT2D eigenvalue weighted by Gasteiger charge is -2.20. The average molecular weight is 335 g/mol. The lowest BCUT2D eigenvalue weighted by atomic mass is 10.2. The summed E-state index contributed by atoms with van der Waals surface area (Å²) in [6.45, 7) is 6.10. The van der Waals surface area contributed by atoms with Crippen molar-refractivity contribution in [2.45, 2.75) is 20.0 Å². The molecule has 0 saturated heterocycles. The molecule has 6 heteroatoms. The third-order valence-corrected chi connectivity index (χ3v) is 3.64. The summed E-state index contributed by atoms with van der Waals surface area (Å²) >= 11 is 0. The molecule has 0 aliphatic carbocycles. The van der Waals surface area contributed by atoms with Gasteiger partial charge in [0.25, 0.3) is 0 Å². The number of nitrogens with one attached hydrogen (secondary N) is 1. The van der Waals surface area contributed by atoms with Crippen molar-refractivity contribution in [3.8, 4) is 0 Å². The van der Waals surface area contributed by atoms with Gasteiger partial charge in [0.05, 0.1) is 17.5 Å². The highest BCUT2D eigenvalue weighted by Crippen LogP contribution is 2.29. The minimum absolute atomic E-state index is 0.499. The van der Waals surface area contributed by atoms with Crippen LogP contribution in [0.1, 0.15) is 25.0 Å². The van der Waals surface area contributed by atoms with Crippen LogP contribution in [0, 0.1) is 0 Å². The Labute approximate surface area is 139 Å². The first-order valence-electron chi connectivity index (χ1n) is 7.75. The van der Waals surface area contributed by atoms with Crippen molar-refractivity contribution in [1.82, 2.24) is 0 Å². The quantitative estimate of drug-likeness (QED) is 0.594. The van der Waals surface area contributed by atoms with Gasteiger partial charge in [-0.1, -0.05) is 12.1 Å². The second kappa shape index (κ2) is 7.86. The molecule has 1 N–H and O–H groups in total. The topological polar surface area (TPSA) is 27.6 Å². The van der Waals surface area contributed by atoms with Crippen LogP contribution in [0.4, 0.5) is 24.5 Å². The molecule has 0 atom stereocenters. The normalized spacial score (nSPS) is 11.7. The van der Waals surface area contributed by atoms with E-state index in [4.69, 9.17) is 0 Å². The Kier molecular flexibility index (Phi) is 5.84. The highest BCUT2D eigenvalue weighted by Gasteiger charge is 2.29. The summed E-state index contributed by atoms with van der Waals surface area (Å²) in [4.78, 5) is 2.24. The molecular weight excluding hydrogens is 315 g/mol. The number of halogens is 3. The third kappa shape index (κ3) is 4.75. The zero-order valence-corrected chi connectivity index (χ0v) is 13.6. The van der Waals surface area contributed by atoms with Crippen molar-refractivity contribution in [2.75, 3.05) is 23.4 Å². The fourth-order valence-electron chi connectivity index (χ4n) is 2.28. The van der Waals surface area contributed by atoms with E-state index in [9.17, 15) is 13.2 Å². The summed E-state index contributed by atoms with van der Waals surface area (Å²) < 4.78 is 37.4. The molecule has 24 heavy (non-hydrogen) atoms. The Balaban J connectivity index is 1.96. The van der Waals surface area contributed by atoms with Gasteiger partial charge < -0.3 is 4.90 Å². The summed E-state index contributed by atoms with van der Waals surface area (Å²) in [6.07, 6.45) is -2.70. The van der Waals surface area contributed by atoms with Crippen LogP contribution in [0.2, 0.25) is 0 Å². The molecule has 128 valence electrons. The molecule has 0 aliphatic heterocycles. The van der Waals surface area contributed by atoms with E-state index in [1.807, 2.05) is 24.3 Å². The lowest BCUT2D eigenvalue weighted by Crippen LogP contribution is -2.21. The first-order valence-corrected chi connectivity index (χ1v) is 7.75. The monoisotopic (exact) mass is 335 g/mol. The standard InChI is InChI=1S/C18H20F3N3/c1-3-24(4-2)17-11-5-14(6-12-17)13-22-23-16-9-7-15(8-10-16)18(19,20)21/h5-13,23H,3-4H2,1-2H3. The van der Waals surface area contributed by atoms with E-state index in [-0.39, 0.29) is 0 Å². The maximum Gasteiger partial charge on any atom is 0.416 e. The molecule has 0 saturated carbocycles. The number of hydrogen-bond donors (Lipinski definition) is 1. The smallest absolute Gasteiger partial charge is 0.372 e. The Morgan fingerprint density at radius 3 is 2.04 bits per heavy atom. The molecule has 2 aromatic rings. The van der Waals surface area contributed by atoms with Crippen LogP contribution in [0.15, 0.2) is 53.6 Å². The molecule has 0 radical (unpaired) electrons. The molecule has 0 heterocycles. The van der Waals surface area contributed by atoms with E-state index >= 15 is 0 Å². The first kappa shape index (κ1) is 17.8. The molecule has 0 amide bonds. The fourth-order valence-corrected chi connectivity index (χ4v) is 2.28. The number of hydrazone groups is 1. The van der Waals surface area contributed by atoms with Gasteiger partial charge in [0.15, 0.2) is 0 Å². The van der Waals surface area contributed by atoms with Gasteiger partial charge >= 0.3 is 6.18 Å². The van der Waals surface area contributed by atoms with Gasteiger partial charge in [-0.25, -0.2) is 0 Å². The molecular formula is C18H20F3N3. The number of anilines is 2. The molecule has 0 aliphatic rings. The average Bonchev–Trinajstić information content (AvgIpc) is 2.57. The molecule has 0 spiro atoms. The molecule has 0 bridgehead atoms. The maximum absolute atomic E-state index is 12.5. The second-order valence-electron chi connectivity index (χ2n) is 5.21. The minimum Gasteiger partial charge on any atom is -0.372 e. The molecule has 0 aromatic heterocycles. The summed E-state index contributed by atoms with van der Waals surface area (Å²) in [6, 6.07) is 12.7. The van der Waals surface area contributed by atoms with Crippen molar-refractivity contribution in [3.05, 3.63) is 59.7 Å². The number of benzene rings is 2. The molecule has 2 rings (SSSR count). The highest BCUT2D eigenvalue weighted by molar-refractivity contribution is 5.81. The van der Waals surface area contributed by atoms with Crippen molar-refractivity contribution >= 4 is 17.6 Å². The van der Waals surface area contributed by atoms with Crippen LogP contribution in [0.5, 0.6) is 0 Å². The van der Waals surface area contributed by atoms with Crippen LogP contribution < -0.4 is 10.3 Å². The summed E-state index contributed by atoms with van der Waals surface area (Å²) in [5, 5.41) is 4.05. The number of hydrogen-bond acceptors (Lipinski definition) is 3. The molecule has 3 nitrogen and oxygen atoms in total. The van der Waals surface area contributed by atoms with Crippen LogP contribution in [-0.2, 0) is 6.18 Å². The Morgan fingerprint density at radius 1 is 0.958 bits per heavy atom. The summed E-state index contributed by atoms with van der Waals surface area (Å²) in [5.41, 5.74) is 4.60. The van der Waals surface area contributed by atoms with Gasteiger partial charge in [0.2, 0.25) is 0 Å².